The molecule has 0 aliphatic carbocycles. The largest absolute Gasteiger partial charge is 0.334 e. The van der Waals surface area contributed by atoms with Crippen molar-refractivity contribution in [2.24, 2.45) is 0 Å². The SMILES string of the molecule is CCc1nc2ccccc2n1CC(=O)N([C@@H]1CCS(=O)(=O)C1)[C@H](C)CC. The first-order valence-electron chi connectivity index (χ1n) is 9.32. The molecule has 0 spiro atoms. The van der Waals surface area contributed by atoms with Crippen LogP contribution in [0.5, 0.6) is 0 Å². The summed E-state index contributed by atoms with van der Waals surface area (Å²) in [6.45, 7) is 6.25. The monoisotopic (exact) mass is 377 g/mol. The molecular weight excluding hydrogens is 350 g/mol. The maximum absolute atomic E-state index is 13.2. The molecule has 0 saturated carbocycles. The number of hydrogen-bond acceptors (Lipinski definition) is 4. The van der Waals surface area contributed by atoms with Crippen molar-refractivity contribution in [3.8, 4) is 0 Å². The minimum absolute atomic E-state index is 0.0145. The molecule has 2 aromatic rings. The number of benzene rings is 1. The number of aryl methyl sites for hydroxylation is 1. The van der Waals surface area contributed by atoms with Gasteiger partial charge in [-0.15, -0.1) is 0 Å². The predicted octanol–water partition coefficient (Wildman–Crippen LogP) is 2.41. The van der Waals surface area contributed by atoms with Crippen LogP contribution in [0.1, 0.15) is 39.4 Å². The zero-order valence-corrected chi connectivity index (χ0v) is 16.5. The highest BCUT2D eigenvalue weighted by molar-refractivity contribution is 7.91. The van der Waals surface area contributed by atoms with E-state index < -0.39 is 9.84 Å². The van der Waals surface area contributed by atoms with Gasteiger partial charge in [-0.3, -0.25) is 4.79 Å². The summed E-state index contributed by atoms with van der Waals surface area (Å²) in [6, 6.07) is 7.60. The van der Waals surface area contributed by atoms with Crippen LogP contribution in [0.2, 0.25) is 0 Å². The van der Waals surface area contributed by atoms with E-state index in [2.05, 4.69) is 4.98 Å². The highest BCUT2D eigenvalue weighted by atomic mass is 32.2. The van der Waals surface area contributed by atoms with Gasteiger partial charge in [0.2, 0.25) is 5.91 Å². The van der Waals surface area contributed by atoms with Crippen LogP contribution in [0.25, 0.3) is 11.0 Å². The zero-order chi connectivity index (χ0) is 18.9. The Morgan fingerprint density at radius 1 is 1.35 bits per heavy atom. The molecule has 0 bridgehead atoms. The van der Waals surface area contributed by atoms with Gasteiger partial charge in [-0.2, -0.15) is 0 Å². The van der Waals surface area contributed by atoms with Gasteiger partial charge in [0, 0.05) is 18.5 Å². The molecule has 1 aliphatic rings. The van der Waals surface area contributed by atoms with Crippen molar-refractivity contribution in [2.75, 3.05) is 11.5 Å². The fourth-order valence-corrected chi connectivity index (χ4v) is 5.50. The van der Waals surface area contributed by atoms with E-state index in [1.807, 2.05) is 49.6 Å². The Morgan fingerprint density at radius 2 is 2.08 bits per heavy atom. The highest BCUT2D eigenvalue weighted by Crippen LogP contribution is 2.23. The van der Waals surface area contributed by atoms with Crippen molar-refractivity contribution in [3.63, 3.8) is 0 Å². The van der Waals surface area contributed by atoms with Gasteiger partial charge >= 0.3 is 0 Å². The third kappa shape index (κ3) is 3.63. The van der Waals surface area contributed by atoms with Crippen LogP contribution in [-0.4, -0.2) is 52.4 Å². The van der Waals surface area contributed by atoms with Gasteiger partial charge in [-0.1, -0.05) is 26.0 Å². The number of rotatable bonds is 6. The summed E-state index contributed by atoms with van der Waals surface area (Å²) < 4.78 is 25.8. The molecule has 1 amide bonds. The summed E-state index contributed by atoms with van der Waals surface area (Å²) in [4.78, 5) is 19.6. The molecular formula is C19H27N3O3S. The van der Waals surface area contributed by atoms with E-state index in [1.165, 1.54) is 0 Å². The van der Waals surface area contributed by atoms with Crippen LogP contribution in [0.4, 0.5) is 0 Å². The standard InChI is InChI=1S/C19H27N3O3S/c1-4-14(3)22(15-10-11-26(24,25)13-15)19(23)12-21-17-9-7-6-8-16(17)20-18(21)5-2/h6-9,14-15H,4-5,10-13H2,1-3H3/t14-,15-/m1/s1. The number of amides is 1. The average Bonchev–Trinajstić information content (AvgIpc) is 3.15. The number of aromatic nitrogens is 2. The molecule has 1 aromatic heterocycles. The van der Waals surface area contributed by atoms with Crippen molar-refractivity contribution < 1.29 is 13.2 Å². The molecule has 26 heavy (non-hydrogen) atoms. The van der Waals surface area contributed by atoms with Crippen LogP contribution in [0.15, 0.2) is 24.3 Å². The molecule has 1 aromatic carbocycles. The number of fused-ring (bicyclic) bond motifs is 1. The fourth-order valence-electron chi connectivity index (χ4n) is 3.79. The first kappa shape index (κ1) is 18.9. The summed E-state index contributed by atoms with van der Waals surface area (Å²) in [5.74, 6) is 1.10. The maximum atomic E-state index is 13.2. The van der Waals surface area contributed by atoms with Gasteiger partial charge in [-0.05, 0) is 31.9 Å². The molecule has 1 fully saturated rings. The van der Waals surface area contributed by atoms with Crippen LogP contribution in [0.3, 0.4) is 0 Å². The molecule has 3 rings (SSSR count). The Kier molecular flexibility index (Phi) is 5.37. The van der Waals surface area contributed by atoms with E-state index in [0.717, 1.165) is 29.7 Å². The lowest BCUT2D eigenvalue weighted by atomic mass is 10.1. The second-order valence-corrected chi connectivity index (χ2v) is 9.30. The first-order chi connectivity index (χ1) is 12.4. The Hall–Kier alpha value is -1.89. The quantitative estimate of drug-likeness (QED) is 0.775. The highest BCUT2D eigenvalue weighted by Gasteiger charge is 2.36. The number of carbonyl (C=O) groups is 1. The third-order valence-electron chi connectivity index (χ3n) is 5.30. The topological polar surface area (TPSA) is 72.3 Å². The Balaban J connectivity index is 1.91. The molecule has 142 valence electrons. The molecule has 7 heteroatoms. The summed E-state index contributed by atoms with van der Waals surface area (Å²) >= 11 is 0. The van der Waals surface area contributed by atoms with Gasteiger partial charge in [-0.25, -0.2) is 13.4 Å². The Labute approximate surface area is 155 Å². The van der Waals surface area contributed by atoms with E-state index >= 15 is 0 Å². The molecule has 2 heterocycles. The van der Waals surface area contributed by atoms with E-state index in [9.17, 15) is 13.2 Å². The summed E-state index contributed by atoms with van der Waals surface area (Å²) in [7, 11) is -3.04. The fraction of sp³-hybridized carbons (Fsp3) is 0.579. The van der Waals surface area contributed by atoms with Gasteiger partial charge in [0.15, 0.2) is 9.84 Å². The molecule has 6 nitrogen and oxygen atoms in total. The number of para-hydroxylation sites is 2. The minimum atomic E-state index is -3.04. The molecule has 1 saturated heterocycles. The van der Waals surface area contributed by atoms with Gasteiger partial charge in [0.25, 0.3) is 0 Å². The predicted molar refractivity (Wildman–Crippen MR) is 103 cm³/mol. The van der Waals surface area contributed by atoms with Crippen molar-refractivity contribution >= 4 is 26.8 Å². The molecule has 0 N–H and O–H groups in total. The Morgan fingerprint density at radius 3 is 2.69 bits per heavy atom. The summed E-state index contributed by atoms with van der Waals surface area (Å²) in [5.41, 5.74) is 1.83. The normalized spacial score (nSPS) is 20.3. The first-order valence-corrected chi connectivity index (χ1v) is 11.1. The van der Waals surface area contributed by atoms with Crippen LogP contribution >= 0.6 is 0 Å². The van der Waals surface area contributed by atoms with E-state index in [1.54, 1.807) is 4.90 Å². The van der Waals surface area contributed by atoms with E-state index in [4.69, 9.17) is 0 Å². The van der Waals surface area contributed by atoms with Crippen LogP contribution in [-0.2, 0) is 27.6 Å². The van der Waals surface area contributed by atoms with Gasteiger partial charge in [0.05, 0.1) is 22.5 Å². The van der Waals surface area contributed by atoms with Crippen molar-refractivity contribution in [1.82, 2.24) is 14.5 Å². The number of imidazole rings is 1. The Bertz CT molecular complexity index is 904. The van der Waals surface area contributed by atoms with Crippen molar-refractivity contribution in [1.29, 1.82) is 0 Å². The molecule has 2 atom stereocenters. The number of carbonyl (C=O) groups excluding carboxylic acids is 1. The summed E-state index contributed by atoms with van der Waals surface area (Å²) in [6.07, 6.45) is 2.07. The molecule has 1 aliphatic heterocycles. The van der Waals surface area contributed by atoms with E-state index in [0.29, 0.717) is 6.42 Å². The molecule has 0 radical (unpaired) electrons. The zero-order valence-electron chi connectivity index (χ0n) is 15.7. The smallest absolute Gasteiger partial charge is 0.243 e. The lowest BCUT2D eigenvalue weighted by Crippen LogP contribution is -2.48. The van der Waals surface area contributed by atoms with Gasteiger partial charge < -0.3 is 9.47 Å². The number of sulfone groups is 1. The summed E-state index contributed by atoms with van der Waals surface area (Å²) in [5, 5.41) is 0. The van der Waals surface area contributed by atoms with Crippen molar-refractivity contribution in [3.05, 3.63) is 30.1 Å². The van der Waals surface area contributed by atoms with Gasteiger partial charge in [0.1, 0.15) is 12.4 Å². The third-order valence-corrected chi connectivity index (χ3v) is 7.05. The number of nitrogens with zero attached hydrogens (tertiary/aromatic N) is 3. The van der Waals surface area contributed by atoms with Crippen LogP contribution in [0, 0.1) is 0 Å². The number of hydrogen-bond donors (Lipinski definition) is 0. The minimum Gasteiger partial charge on any atom is -0.334 e. The second-order valence-electron chi connectivity index (χ2n) is 7.07. The van der Waals surface area contributed by atoms with Crippen molar-refractivity contribution in [2.45, 2.75) is 58.7 Å². The maximum Gasteiger partial charge on any atom is 0.243 e. The lowest BCUT2D eigenvalue weighted by Gasteiger charge is -2.34. The average molecular weight is 378 g/mol. The lowest BCUT2D eigenvalue weighted by molar-refractivity contribution is -0.136. The second kappa shape index (κ2) is 7.39. The van der Waals surface area contributed by atoms with E-state index in [-0.39, 0.29) is 36.0 Å². The molecule has 0 unspecified atom stereocenters. The van der Waals surface area contributed by atoms with Crippen LogP contribution < -0.4 is 0 Å².